The summed E-state index contributed by atoms with van der Waals surface area (Å²) >= 11 is 6.17. The molecule has 1 aromatic rings. The van der Waals surface area contributed by atoms with E-state index in [-0.39, 0.29) is 18.0 Å². The lowest BCUT2D eigenvalue weighted by Crippen LogP contribution is -2.32. The van der Waals surface area contributed by atoms with Crippen molar-refractivity contribution in [2.45, 2.75) is 24.8 Å². The van der Waals surface area contributed by atoms with Crippen molar-refractivity contribution in [2.75, 3.05) is 11.9 Å². The summed E-state index contributed by atoms with van der Waals surface area (Å²) in [7, 11) is 0. The van der Waals surface area contributed by atoms with Gasteiger partial charge in [0.05, 0.1) is 10.8 Å². The van der Waals surface area contributed by atoms with Crippen LogP contribution in [0.2, 0.25) is 0 Å². The number of nitrogens with one attached hydrogen (secondary N) is 1. The third kappa shape index (κ3) is 4.23. The number of rotatable bonds is 4. The number of carbonyl (C=O) groups excluding carboxylic acids is 2. The second-order valence-electron chi connectivity index (χ2n) is 4.79. The summed E-state index contributed by atoms with van der Waals surface area (Å²) in [6, 6.07) is 4.34. The Morgan fingerprint density at radius 3 is 2.70 bits per heavy atom. The molecule has 1 unspecified atom stereocenters. The number of halogens is 3. The highest BCUT2D eigenvalue weighted by molar-refractivity contribution is 8.24. The molecular formula is C14H13F3N2O2S2. The molecule has 9 heteroatoms. The number of hydrogen-bond acceptors (Lipinski definition) is 4. The van der Waals surface area contributed by atoms with Crippen LogP contribution in [0.25, 0.3) is 0 Å². The van der Waals surface area contributed by atoms with Gasteiger partial charge < -0.3 is 5.32 Å². The maximum atomic E-state index is 12.6. The molecule has 1 fully saturated rings. The van der Waals surface area contributed by atoms with Gasteiger partial charge in [-0.1, -0.05) is 30.0 Å². The van der Waals surface area contributed by atoms with E-state index in [1.54, 1.807) is 6.92 Å². The molecule has 0 aliphatic carbocycles. The number of amides is 2. The minimum absolute atomic E-state index is 0.0372. The van der Waals surface area contributed by atoms with Crippen molar-refractivity contribution in [3.05, 3.63) is 29.8 Å². The van der Waals surface area contributed by atoms with Gasteiger partial charge in [0.25, 0.3) is 0 Å². The molecule has 1 aliphatic rings. The third-order valence-electron chi connectivity index (χ3n) is 3.17. The average molecular weight is 362 g/mol. The lowest BCUT2D eigenvalue weighted by molar-refractivity contribution is -0.137. The quantitative estimate of drug-likeness (QED) is 0.835. The maximum Gasteiger partial charge on any atom is 0.416 e. The van der Waals surface area contributed by atoms with Gasteiger partial charge in [-0.15, -0.1) is 0 Å². The first-order valence-corrected chi connectivity index (χ1v) is 8.00. The third-order valence-corrected chi connectivity index (χ3v) is 4.75. The summed E-state index contributed by atoms with van der Waals surface area (Å²) in [6.07, 6.45) is -4.62. The Hall–Kier alpha value is -1.61. The van der Waals surface area contributed by atoms with Crippen LogP contribution in [-0.4, -0.2) is 32.8 Å². The number of alkyl halides is 3. The highest BCUT2D eigenvalue weighted by Crippen LogP contribution is 2.32. The van der Waals surface area contributed by atoms with E-state index in [9.17, 15) is 22.8 Å². The highest BCUT2D eigenvalue weighted by Gasteiger charge is 2.37. The van der Waals surface area contributed by atoms with E-state index < -0.39 is 22.9 Å². The smallest absolute Gasteiger partial charge is 0.326 e. The number of benzene rings is 1. The van der Waals surface area contributed by atoms with Crippen LogP contribution in [-0.2, 0) is 15.8 Å². The fourth-order valence-corrected chi connectivity index (χ4v) is 3.69. The Labute approximate surface area is 140 Å². The van der Waals surface area contributed by atoms with Gasteiger partial charge in [0.2, 0.25) is 11.8 Å². The molecular weight excluding hydrogens is 349 g/mol. The van der Waals surface area contributed by atoms with Gasteiger partial charge in [-0.3, -0.25) is 14.5 Å². The normalized spacial score (nSPS) is 18.4. The molecule has 0 bridgehead atoms. The largest absolute Gasteiger partial charge is 0.416 e. The van der Waals surface area contributed by atoms with E-state index >= 15 is 0 Å². The van der Waals surface area contributed by atoms with E-state index in [4.69, 9.17) is 12.2 Å². The Morgan fingerprint density at radius 1 is 1.43 bits per heavy atom. The number of thiocarbonyl (C=S) groups is 1. The summed E-state index contributed by atoms with van der Waals surface area (Å²) < 4.78 is 38.3. The molecule has 1 atom stereocenters. The van der Waals surface area contributed by atoms with Crippen molar-refractivity contribution >= 4 is 45.8 Å². The Kier molecular flexibility index (Phi) is 5.30. The molecule has 124 valence electrons. The first-order valence-electron chi connectivity index (χ1n) is 6.71. The van der Waals surface area contributed by atoms with Crippen LogP contribution < -0.4 is 5.32 Å². The minimum Gasteiger partial charge on any atom is -0.326 e. The Morgan fingerprint density at radius 2 is 2.13 bits per heavy atom. The first kappa shape index (κ1) is 17.7. The number of anilines is 1. The SMILES string of the molecule is CCN1C(=O)C(CC(=O)Nc2cccc(C(F)(F)F)c2)SC1=S. The van der Waals surface area contributed by atoms with E-state index in [1.807, 2.05) is 0 Å². The molecule has 0 spiro atoms. The van der Waals surface area contributed by atoms with Crippen LogP contribution >= 0.6 is 24.0 Å². The van der Waals surface area contributed by atoms with Crippen molar-refractivity contribution in [3.8, 4) is 0 Å². The zero-order valence-electron chi connectivity index (χ0n) is 12.0. The van der Waals surface area contributed by atoms with Crippen LogP contribution in [0, 0.1) is 0 Å². The van der Waals surface area contributed by atoms with Crippen molar-refractivity contribution in [1.82, 2.24) is 4.90 Å². The van der Waals surface area contributed by atoms with E-state index in [0.717, 1.165) is 23.9 Å². The van der Waals surface area contributed by atoms with E-state index in [0.29, 0.717) is 10.9 Å². The molecule has 2 rings (SSSR count). The van der Waals surface area contributed by atoms with Crippen molar-refractivity contribution in [3.63, 3.8) is 0 Å². The summed E-state index contributed by atoms with van der Waals surface area (Å²) in [4.78, 5) is 25.4. The molecule has 1 heterocycles. The summed E-state index contributed by atoms with van der Waals surface area (Å²) in [5.41, 5.74) is -0.810. The van der Waals surface area contributed by atoms with Crippen molar-refractivity contribution in [2.24, 2.45) is 0 Å². The second kappa shape index (κ2) is 6.88. The number of carbonyl (C=O) groups is 2. The van der Waals surface area contributed by atoms with Gasteiger partial charge in [0.15, 0.2) is 0 Å². The molecule has 0 radical (unpaired) electrons. The van der Waals surface area contributed by atoms with Crippen molar-refractivity contribution < 1.29 is 22.8 Å². The molecule has 0 saturated carbocycles. The van der Waals surface area contributed by atoms with Crippen LogP contribution in [0.1, 0.15) is 18.9 Å². The van der Waals surface area contributed by atoms with Crippen LogP contribution in [0.3, 0.4) is 0 Å². The second-order valence-corrected chi connectivity index (χ2v) is 6.62. The van der Waals surface area contributed by atoms with Gasteiger partial charge in [0, 0.05) is 18.7 Å². The topological polar surface area (TPSA) is 49.4 Å². The number of nitrogens with zero attached hydrogens (tertiary/aromatic N) is 1. The van der Waals surface area contributed by atoms with Gasteiger partial charge in [-0.05, 0) is 25.1 Å². The van der Waals surface area contributed by atoms with Gasteiger partial charge in [0.1, 0.15) is 4.32 Å². The number of hydrogen-bond donors (Lipinski definition) is 1. The molecule has 1 N–H and O–H groups in total. The molecule has 1 saturated heterocycles. The summed E-state index contributed by atoms with van der Waals surface area (Å²) in [5, 5.41) is 1.75. The number of thioether (sulfide) groups is 1. The fourth-order valence-electron chi connectivity index (χ4n) is 2.07. The van der Waals surface area contributed by atoms with Gasteiger partial charge >= 0.3 is 6.18 Å². The zero-order chi connectivity index (χ0) is 17.2. The fraction of sp³-hybridized carbons (Fsp3) is 0.357. The predicted molar refractivity (Wildman–Crippen MR) is 86.1 cm³/mol. The molecule has 4 nitrogen and oxygen atoms in total. The summed E-state index contributed by atoms with van der Waals surface area (Å²) in [6.45, 7) is 2.20. The average Bonchev–Trinajstić information content (AvgIpc) is 2.72. The predicted octanol–water partition coefficient (Wildman–Crippen LogP) is 3.28. The Bertz CT molecular complexity index is 649. The molecule has 1 aromatic carbocycles. The zero-order valence-corrected chi connectivity index (χ0v) is 13.6. The Balaban J connectivity index is 2.01. The minimum atomic E-state index is -4.48. The molecule has 23 heavy (non-hydrogen) atoms. The standard InChI is InChI=1S/C14H13F3N2O2S2/c1-2-19-12(21)10(23-13(19)22)7-11(20)18-9-5-3-4-8(6-9)14(15,16)17/h3-6,10H,2,7H2,1H3,(H,18,20). The monoisotopic (exact) mass is 362 g/mol. The lowest BCUT2D eigenvalue weighted by atomic mass is 10.2. The van der Waals surface area contributed by atoms with Gasteiger partial charge in [-0.25, -0.2) is 0 Å². The molecule has 0 aromatic heterocycles. The van der Waals surface area contributed by atoms with Crippen LogP contribution in [0.15, 0.2) is 24.3 Å². The van der Waals surface area contributed by atoms with E-state index in [2.05, 4.69) is 5.32 Å². The summed E-state index contributed by atoms with van der Waals surface area (Å²) in [5.74, 6) is -0.780. The molecule has 1 aliphatic heterocycles. The van der Waals surface area contributed by atoms with Crippen molar-refractivity contribution in [1.29, 1.82) is 0 Å². The van der Waals surface area contributed by atoms with E-state index in [1.165, 1.54) is 17.0 Å². The lowest BCUT2D eigenvalue weighted by Gasteiger charge is -2.12. The van der Waals surface area contributed by atoms with Crippen LogP contribution in [0.4, 0.5) is 18.9 Å². The highest BCUT2D eigenvalue weighted by atomic mass is 32.2. The first-order chi connectivity index (χ1) is 10.7. The maximum absolute atomic E-state index is 12.6. The molecule has 2 amide bonds. The van der Waals surface area contributed by atoms with Crippen LogP contribution in [0.5, 0.6) is 0 Å². The van der Waals surface area contributed by atoms with Gasteiger partial charge in [-0.2, -0.15) is 13.2 Å².